The minimum absolute atomic E-state index is 0.00115. The molecule has 6 heteroatoms. The van der Waals surface area contributed by atoms with Crippen molar-refractivity contribution in [3.63, 3.8) is 0 Å². The van der Waals surface area contributed by atoms with Crippen molar-refractivity contribution in [1.29, 1.82) is 0 Å². The molecule has 4 rings (SSSR count). The molecular formula is C18H24N4O2. The van der Waals surface area contributed by atoms with Gasteiger partial charge < -0.3 is 14.2 Å². The van der Waals surface area contributed by atoms with E-state index in [0.29, 0.717) is 31.5 Å². The van der Waals surface area contributed by atoms with Crippen molar-refractivity contribution >= 4 is 5.91 Å². The van der Waals surface area contributed by atoms with Gasteiger partial charge in [-0.05, 0) is 31.0 Å². The molecule has 6 nitrogen and oxygen atoms in total. The summed E-state index contributed by atoms with van der Waals surface area (Å²) in [6.45, 7) is 1.72. The number of nitrogens with zero attached hydrogens (tertiary/aromatic N) is 4. The molecule has 1 unspecified atom stereocenters. The van der Waals surface area contributed by atoms with Crippen molar-refractivity contribution < 1.29 is 9.53 Å². The Labute approximate surface area is 142 Å². The van der Waals surface area contributed by atoms with Crippen molar-refractivity contribution in [3.05, 3.63) is 42.0 Å². The van der Waals surface area contributed by atoms with E-state index >= 15 is 0 Å². The van der Waals surface area contributed by atoms with Crippen LogP contribution < -0.4 is 0 Å². The number of morpholine rings is 1. The molecule has 0 aromatic carbocycles. The molecule has 0 radical (unpaired) electrons. The van der Waals surface area contributed by atoms with Gasteiger partial charge in [-0.15, -0.1) is 0 Å². The SMILES string of the molecule is Cn1cccc1C1COCCN1C(=O)c1ccn(C2CCCC2)n1. The molecule has 3 heterocycles. The number of hydrogen-bond donors (Lipinski definition) is 0. The van der Waals surface area contributed by atoms with E-state index in [-0.39, 0.29) is 11.9 Å². The number of rotatable bonds is 3. The van der Waals surface area contributed by atoms with Gasteiger partial charge in [-0.2, -0.15) is 5.10 Å². The average molecular weight is 328 g/mol. The zero-order chi connectivity index (χ0) is 16.5. The van der Waals surface area contributed by atoms with E-state index in [9.17, 15) is 4.79 Å². The Balaban J connectivity index is 1.56. The van der Waals surface area contributed by atoms with E-state index in [2.05, 4.69) is 15.7 Å². The van der Waals surface area contributed by atoms with E-state index in [1.54, 1.807) is 0 Å². The molecule has 2 aromatic rings. The Kier molecular flexibility index (Phi) is 4.14. The number of hydrogen-bond acceptors (Lipinski definition) is 3. The highest BCUT2D eigenvalue weighted by Crippen LogP contribution is 2.30. The fourth-order valence-corrected chi connectivity index (χ4v) is 3.88. The maximum atomic E-state index is 13.0. The van der Waals surface area contributed by atoms with E-state index in [1.165, 1.54) is 25.7 Å². The lowest BCUT2D eigenvalue weighted by molar-refractivity contribution is -0.00499. The largest absolute Gasteiger partial charge is 0.377 e. The molecule has 2 aromatic heterocycles. The Bertz CT molecular complexity index is 714. The van der Waals surface area contributed by atoms with E-state index in [1.807, 2.05) is 41.2 Å². The second-order valence-electron chi connectivity index (χ2n) is 6.75. The Morgan fingerprint density at radius 1 is 1.25 bits per heavy atom. The average Bonchev–Trinajstić information content (AvgIpc) is 3.35. The fraction of sp³-hybridized carbons (Fsp3) is 0.556. The highest BCUT2D eigenvalue weighted by molar-refractivity contribution is 5.92. The molecule has 1 amide bonds. The van der Waals surface area contributed by atoms with Crippen LogP contribution in [-0.2, 0) is 11.8 Å². The number of carbonyl (C=O) groups excluding carboxylic acids is 1. The third-order valence-corrected chi connectivity index (χ3v) is 5.24. The lowest BCUT2D eigenvalue weighted by atomic mass is 10.1. The van der Waals surface area contributed by atoms with Crippen molar-refractivity contribution in [2.45, 2.75) is 37.8 Å². The van der Waals surface area contributed by atoms with Gasteiger partial charge in [0.15, 0.2) is 0 Å². The van der Waals surface area contributed by atoms with Crippen molar-refractivity contribution in [2.24, 2.45) is 7.05 Å². The van der Waals surface area contributed by atoms with Gasteiger partial charge in [0.25, 0.3) is 5.91 Å². The van der Waals surface area contributed by atoms with Gasteiger partial charge in [0, 0.05) is 31.7 Å². The number of carbonyl (C=O) groups is 1. The van der Waals surface area contributed by atoms with Gasteiger partial charge in [-0.3, -0.25) is 9.48 Å². The van der Waals surface area contributed by atoms with Gasteiger partial charge in [0.2, 0.25) is 0 Å². The van der Waals surface area contributed by atoms with Crippen LogP contribution in [0.1, 0.15) is 53.9 Å². The highest BCUT2D eigenvalue weighted by atomic mass is 16.5. The molecule has 24 heavy (non-hydrogen) atoms. The molecule has 0 N–H and O–H groups in total. The molecule has 1 aliphatic heterocycles. The van der Waals surface area contributed by atoms with Gasteiger partial charge in [0.05, 0.1) is 25.3 Å². The summed E-state index contributed by atoms with van der Waals surface area (Å²) >= 11 is 0. The predicted molar refractivity (Wildman–Crippen MR) is 89.7 cm³/mol. The molecule has 2 fully saturated rings. The monoisotopic (exact) mass is 328 g/mol. The van der Waals surface area contributed by atoms with Crippen LogP contribution in [0.4, 0.5) is 0 Å². The van der Waals surface area contributed by atoms with Crippen molar-refractivity contribution in [1.82, 2.24) is 19.2 Å². The zero-order valence-corrected chi connectivity index (χ0v) is 14.1. The topological polar surface area (TPSA) is 52.3 Å². The second kappa shape index (κ2) is 6.43. The zero-order valence-electron chi connectivity index (χ0n) is 14.1. The normalized spacial score (nSPS) is 22.2. The van der Waals surface area contributed by atoms with Crippen LogP contribution in [-0.4, -0.2) is 44.9 Å². The first kappa shape index (κ1) is 15.4. The number of ether oxygens (including phenoxy) is 1. The van der Waals surface area contributed by atoms with Gasteiger partial charge in [0.1, 0.15) is 5.69 Å². The summed E-state index contributed by atoms with van der Waals surface area (Å²) in [7, 11) is 2.00. The first-order chi connectivity index (χ1) is 11.7. The molecule has 128 valence electrons. The molecule has 0 spiro atoms. The Hall–Kier alpha value is -2.08. The quantitative estimate of drug-likeness (QED) is 0.870. The maximum Gasteiger partial charge on any atom is 0.275 e. The Morgan fingerprint density at radius 2 is 2.08 bits per heavy atom. The van der Waals surface area contributed by atoms with Crippen LogP contribution in [0, 0.1) is 0 Å². The highest BCUT2D eigenvalue weighted by Gasteiger charge is 2.32. The van der Waals surface area contributed by atoms with Gasteiger partial charge in [-0.25, -0.2) is 0 Å². The first-order valence-corrected chi connectivity index (χ1v) is 8.79. The maximum absolute atomic E-state index is 13.0. The lowest BCUT2D eigenvalue weighted by Crippen LogP contribution is -2.44. The van der Waals surface area contributed by atoms with Crippen LogP contribution in [0.25, 0.3) is 0 Å². The minimum Gasteiger partial charge on any atom is -0.377 e. The number of aryl methyl sites for hydroxylation is 1. The van der Waals surface area contributed by atoms with Crippen molar-refractivity contribution in [3.8, 4) is 0 Å². The standard InChI is InChI=1S/C18H24N4O2/c1-20-9-4-7-16(20)17-13-24-12-11-21(17)18(23)15-8-10-22(19-15)14-5-2-3-6-14/h4,7-10,14,17H,2-3,5-6,11-13H2,1H3. The van der Waals surface area contributed by atoms with Crippen LogP contribution >= 0.6 is 0 Å². The first-order valence-electron chi connectivity index (χ1n) is 8.79. The van der Waals surface area contributed by atoms with Gasteiger partial charge >= 0.3 is 0 Å². The van der Waals surface area contributed by atoms with E-state index < -0.39 is 0 Å². The lowest BCUT2D eigenvalue weighted by Gasteiger charge is -2.35. The minimum atomic E-state index is -0.0529. The van der Waals surface area contributed by atoms with Gasteiger partial charge in [-0.1, -0.05) is 12.8 Å². The molecule has 1 aliphatic carbocycles. The third-order valence-electron chi connectivity index (χ3n) is 5.24. The van der Waals surface area contributed by atoms with Crippen LogP contribution in [0.15, 0.2) is 30.6 Å². The smallest absolute Gasteiger partial charge is 0.275 e. The fourth-order valence-electron chi connectivity index (χ4n) is 3.88. The van der Waals surface area contributed by atoms with Crippen molar-refractivity contribution in [2.75, 3.05) is 19.8 Å². The van der Waals surface area contributed by atoms with Crippen LogP contribution in [0.2, 0.25) is 0 Å². The van der Waals surface area contributed by atoms with E-state index in [0.717, 1.165) is 5.69 Å². The number of aromatic nitrogens is 3. The molecule has 2 aliphatic rings. The van der Waals surface area contributed by atoms with Crippen LogP contribution in [0.5, 0.6) is 0 Å². The molecule has 0 bridgehead atoms. The summed E-state index contributed by atoms with van der Waals surface area (Å²) in [6.07, 6.45) is 8.81. The summed E-state index contributed by atoms with van der Waals surface area (Å²) in [4.78, 5) is 14.9. The predicted octanol–water partition coefficient (Wildman–Crippen LogP) is 2.55. The molecule has 1 atom stereocenters. The molecule has 1 saturated heterocycles. The number of amides is 1. The van der Waals surface area contributed by atoms with E-state index in [4.69, 9.17) is 4.74 Å². The van der Waals surface area contributed by atoms with Crippen LogP contribution in [0.3, 0.4) is 0 Å². The molecular weight excluding hydrogens is 304 g/mol. The summed E-state index contributed by atoms with van der Waals surface area (Å²) in [5, 5.41) is 4.58. The summed E-state index contributed by atoms with van der Waals surface area (Å²) in [6, 6.07) is 6.32. The molecule has 1 saturated carbocycles. The summed E-state index contributed by atoms with van der Waals surface area (Å²) < 4.78 is 9.67. The second-order valence-corrected chi connectivity index (χ2v) is 6.75. The Morgan fingerprint density at radius 3 is 2.83 bits per heavy atom. The third kappa shape index (κ3) is 2.75. The summed E-state index contributed by atoms with van der Waals surface area (Å²) in [5.74, 6) is 0.00115. The summed E-state index contributed by atoms with van der Waals surface area (Å²) in [5.41, 5.74) is 1.64.